The van der Waals surface area contributed by atoms with Gasteiger partial charge < -0.3 is 10.6 Å². The molecule has 1 unspecified atom stereocenters. The lowest BCUT2D eigenvalue weighted by atomic mass is 9.96. The molecule has 144 valence electrons. The highest BCUT2D eigenvalue weighted by atomic mass is 35.5. The Bertz CT molecular complexity index is 942. The number of halogens is 1. The average Bonchev–Trinajstić information content (AvgIpc) is 3.17. The van der Waals surface area contributed by atoms with Gasteiger partial charge in [-0.3, -0.25) is 9.59 Å². The molecule has 0 bridgehead atoms. The minimum absolute atomic E-state index is 0.129. The summed E-state index contributed by atoms with van der Waals surface area (Å²) in [5, 5.41) is 8.33. The van der Waals surface area contributed by atoms with E-state index in [1.54, 1.807) is 17.5 Å². The summed E-state index contributed by atoms with van der Waals surface area (Å²) < 4.78 is 0. The van der Waals surface area contributed by atoms with Gasteiger partial charge in [-0.1, -0.05) is 61.0 Å². The van der Waals surface area contributed by atoms with Crippen molar-refractivity contribution in [2.75, 3.05) is 5.32 Å². The van der Waals surface area contributed by atoms with Gasteiger partial charge in [0.1, 0.15) is 5.69 Å². The highest BCUT2D eigenvalue weighted by Crippen LogP contribution is 2.23. The number of rotatable bonds is 7. The van der Waals surface area contributed by atoms with Crippen LogP contribution < -0.4 is 10.6 Å². The molecule has 2 N–H and O–H groups in total. The Morgan fingerprint density at radius 1 is 1.11 bits per heavy atom. The quantitative estimate of drug-likeness (QED) is 0.581. The van der Waals surface area contributed by atoms with Crippen molar-refractivity contribution < 1.29 is 9.59 Å². The van der Waals surface area contributed by atoms with Crippen molar-refractivity contribution in [3.8, 4) is 0 Å². The zero-order valence-electron chi connectivity index (χ0n) is 15.3. The van der Waals surface area contributed by atoms with Gasteiger partial charge in [0.25, 0.3) is 5.91 Å². The van der Waals surface area contributed by atoms with Crippen LogP contribution in [-0.4, -0.2) is 16.8 Å². The fraction of sp³-hybridized carbons (Fsp3) is 0.190. The Morgan fingerprint density at radius 3 is 2.50 bits per heavy atom. The lowest BCUT2D eigenvalue weighted by Gasteiger charge is -2.14. The molecule has 0 spiro atoms. The van der Waals surface area contributed by atoms with Gasteiger partial charge in [0, 0.05) is 16.9 Å². The van der Waals surface area contributed by atoms with Crippen molar-refractivity contribution in [3.63, 3.8) is 0 Å². The Labute approximate surface area is 172 Å². The van der Waals surface area contributed by atoms with E-state index in [2.05, 4.69) is 15.6 Å². The topological polar surface area (TPSA) is 71.1 Å². The Hall–Kier alpha value is -2.70. The maximum Gasteiger partial charge on any atom is 0.271 e. The van der Waals surface area contributed by atoms with Crippen molar-refractivity contribution in [1.82, 2.24) is 10.3 Å². The SMILES string of the molecule is CCC(C(=O)Nc1nc(C(=O)NCc2ccc(Cl)cc2)cs1)c1ccccc1. The Morgan fingerprint density at radius 2 is 1.82 bits per heavy atom. The number of anilines is 1. The van der Waals surface area contributed by atoms with Crippen molar-refractivity contribution in [2.24, 2.45) is 0 Å². The van der Waals surface area contributed by atoms with E-state index in [4.69, 9.17) is 11.6 Å². The van der Waals surface area contributed by atoms with Crippen LogP contribution in [0.3, 0.4) is 0 Å². The maximum atomic E-state index is 12.6. The van der Waals surface area contributed by atoms with Crippen LogP contribution in [0.15, 0.2) is 60.0 Å². The molecule has 0 aliphatic rings. The smallest absolute Gasteiger partial charge is 0.271 e. The predicted molar refractivity (Wildman–Crippen MR) is 113 cm³/mol. The molecule has 2 aromatic carbocycles. The molecule has 0 aliphatic heterocycles. The number of nitrogens with zero attached hydrogens (tertiary/aromatic N) is 1. The van der Waals surface area contributed by atoms with Gasteiger partial charge in [0.05, 0.1) is 5.92 Å². The average molecular weight is 414 g/mol. The first-order valence-corrected chi connectivity index (χ1v) is 10.2. The Kier molecular flexibility index (Phi) is 6.79. The summed E-state index contributed by atoms with van der Waals surface area (Å²) in [6.07, 6.45) is 0.676. The lowest BCUT2D eigenvalue weighted by molar-refractivity contribution is -0.117. The van der Waals surface area contributed by atoms with Crippen LogP contribution in [-0.2, 0) is 11.3 Å². The highest BCUT2D eigenvalue weighted by molar-refractivity contribution is 7.14. The van der Waals surface area contributed by atoms with Gasteiger partial charge in [-0.15, -0.1) is 11.3 Å². The monoisotopic (exact) mass is 413 g/mol. The summed E-state index contributed by atoms with van der Waals surface area (Å²) in [6, 6.07) is 16.9. The van der Waals surface area contributed by atoms with E-state index in [9.17, 15) is 9.59 Å². The number of amides is 2. The van der Waals surface area contributed by atoms with E-state index >= 15 is 0 Å². The molecule has 0 saturated carbocycles. The second-order valence-corrected chi connectivity index (χ2v) is 7.50. The molecule has 3 aromatic rings. The lowest BCUT2D eigenvalue weighted by Crippen LogP contribution is -2.23. The van der Waals surface area contributed by atoms with Crippen LogP contribution in [0.25, 0.3) is 0 Å². The number of benzene rings is 2. The largest absolute Gasteiger partial charge is 0.347 e. The van der Waals surface area contributed by atoms with E-state index in [1.165, 1.54) is 11.3 Å². The van der Waals surface area contributed by atoms with E-state index < -0.39 is 0 Å². The molecule has 0 fully saturated rings. The van der Waals surface area contributed by atoms with Crippen molar-refractivity contribution >= 4 is 39.9 Å². The fourth-order valence-corrected chi connectivity index (χ4v) is 3.58. The minimum Gasteiger partial charge on any atom is -0.347 e. The van der Waals surface area contributed by atoms with Crippen LogP contribution in [0.2, 0.25) is 5.02 Å². The number of hydrogen-bond acceptors (Lipinski definition) is 4. The molecule has 2 amide bonds. The van der Waals surface area contributed by atoms with Crippen LogP contribution in [0.4, 0.5) is 5.13 Å². The zero-order valence-corrected chi connectivity index (χ0v) is 16.9. The van der Waals surface area contributed by atoms with Crippen LogP contribution in [0.1, 0.15) is 40.9 Å². The Balaban J connectivity index is 1.59. The minimum atomic E-state index is -0.290. The van der Waals surface area contributed by atoms with E-state index in [0.29, 0.717) is 23.1 Å². The van der Waals surface area contributed by atoms with Gasteiger partial charge in [-0.2, -0.15) is 0 Å². The standard InChI is InChI=1S/C21H20ClN3O2S/c1-2-17(15-6-4-3-5-7-15)19(26)25-21-24-18(13-28-21)20(27)23-12-14-8-10-16(22)11-9-14/h3-11,13,17H,2,12H2,1H3,(H,23,27)(H,24,25,26). The number of aromatic nitrogens is 1. The molecule has 28 heavy (non-hydrogen) atoms. The van der Waals surface area contributed by atoms with Gasteiger partial charge in [0.15, 0.2) is 5.13 Å². The summed E-state index contributed by atoms with van der Waals surface area (Å²) >= 11 is 7.09. The summed E-state index contributed by atoms with van der Waals surface area (Å²) in [6.45, 7) is 2.34. The molecule has 0 radical (unpaired) electrons. The summed E-state index contributed by atoms with van der Waals surface area (Å²) in [5.41, 5.74) is 2.18. The predicted octanol–water partition coefficient (Wildman–Crippen LogP) is 4.86. The third-order valence-electron chi connectivity index (χ3n) is 4.26. The second-order valence-electron chi connectivity index (χ2n) is 6.21. The number of thiazole rings is 1. The summed E-state index contributed by atoms with van der Waals surface area (Å²) in [7, 11) is 0. The molecule has 0 aliphatic carbocycles. The molecule has 7 heteroatoms. The summed E-state index contributed by atoms with van der Waals surface area (Å²) in [4.78, 5) is 29.1. The molecule has 5 nitrogen and oxygen atoms in total. The fourth-order valence-electron chi connectivity index (χ4n) is 2.76. The highest BCUT2D eigenvalue weighted by Gasteiger charge is 2.20. The van der Waals surface area contributed by atoms with Crippen LogP contribution in [0.5, 0.6) is 0 Å². The maximum absolute atomic E-state index is 12.6. The molecule has 0 saturated heterocycles. The molecule has 1 atom stereocenters. The van der Waals surface area contributed by atoms with Crippen LogP contribution in [0, 0.1) is 0 Å². The van der Waals surface area contributed by atoms with Gasteiger partial charge in [-0.05, 0) is 29.7 Å². The van der Waals surface area contributed by atoms with Gasteiger partial charge >= 0.3 is 0 Å². The first-order chi connectivity index (χ1) is 13.6. The third-order valence-corrected chi connectivity index (χ3v) is 5.27. The van der Waals surface area contributed by atoms with E-state index in [1.807, 2.05) is 49.4 Å². The van der Waals surface area contributed by atoms with E-state index in [0.717, 1.165) is 11.1 Å². The first-order valence-electron chi connectivity index (χ1n) is 8.90. The number of carbonyl (C=O) groups is 2. The number of hydrogen-bond donors (Lipinski definition) is 2. The van der Waals surface area contributed by atoms with Gasteiger partial charge in [0.2, 0.25) is 5.91 Å². The molecular weight excluding hydrogens is 394 g/mol. The number of nitrogens with one attached hydrogen (secondary N) is 2. The molecular formula is C21H20ClN3O2S. The van der Waals surface area contributed by atoms with Crippen molar-refractivity contribution in [2.45, 2.75) is 25.8 Å². The zero-order chi connectivity index (χ0) is 19.9. The summed E-state index contributed by atoms with van der Waals surface area (Å²) in [5.74, 6) is -0.676. The molecule has 1 aromatic heterocycles. The van der Waals surface area contributed by atoms with Crippen molar-refractivity contribution in [3.05, 3.63) is 81.8 Å². The number of carbonyl (C=O) groups excluding carboxylic acids is 2. The van der Waals surface area contributed by atoms with E-state index in [-0.39, 0.29) is 23.4 Å². The molecule has 1 heterocycles. The van der Waals surface area contributed by atoms with Crippen molar-refractivity contribution in [1.29, 1.82) is 0 Å². The normalized spacial score (nSPS) is 11.6. The second kappa shape index (κ2) is 9.48. The van der Waals surface area contributed by atoms with Gasteiger partial charge in [-0.25, -0.2) is 4.98 Å². The first kappa shape index (κ1) is 20.0. The molecule has 3 rings (SSSR count). The third kappa shape index (κ3) is 5.18. The van der Waals surface area contributed by atoms with Crippen LogP contribution >= 0.6 is 22.9 Å².